The van der Waals surface area contributed by atoms with Gasteiger partial charge in [0.05, 0.1) is 13.0 Å². The van der Waals surface area contributed by atoms with Gasteiger partial charge in [-0.25, -0.2) is 0 Å². The zero-order valence-corrected chi connectivity index (χ0v) is 11.7. The standard InChI is InChI=1S/C15H21NO3/c1-12(17)11-15(2,3)16-14(18)9-10-19-13-7-5-4-6-8-13/h4-8H,9-11H2,1-3H3,(H,16,18). The number of Topliss-reactive ketones (excluding diaryl/α,β-unsaturated/α-hetero) is 1. The lowest BCUT2D eigenvalue weighted by Crippen LogP contribution is -2.45. The summed E-state index contributed by atoms with van der Waals surface area (Å²) in [4.78, 5) is 22.8. The molecule has 1 rings (SSSR count). The lowest BCUT2D eigenvalue weighted by molar-refractivity contribution is -0.124. The van der Waals surface area contributed by atoms with Gasteiger partial charge in [0.15, 0.2) is 0 Å². The molecule has 1 N–H and O–H groups in total. The van der Waals surface area contributed by atoms with Gasteiger partial charge in [0.2, 0.25) is 5.91 Å². The van der Waals surface area contributed by atoms with Gasteiger partial charge in [0.1, 0.15) is 11.5 Å². The van der Waals surface area contributed by atoms with Gasteiger partial charge in [0.25, 0.3) is 0 Å². The van der Waals surface area contributed by atoms with E-state index >= 15 is 0 Å². The van der Waals surface area contributed by atoms with Gasteiger partial charge in [-0.1, -0.05) is 18.2 Å². The van der Waals surface area contributed by atoms with Crippen LogP contribution in [0.1, 0.15) is 33.6 Å². The van der Waals surface area contributed by atoms with E-state index in [1.54, 1.807) is 0 Å². The number of amides is 1. The van der Waals surface area contributed by atoms with E-state index in [2.05, 4.69) is 5.32 Å². The predicted molar refractivity (Wildman–Crippen MR) is 74.1 cm³/mol. The molecule has 0 radical (unpaired) electrons. The molecule has 0 fully saturated rings. The van der Waals surface area contributed by atoms with Crippen molar-refractivity contribution in [1.82, 2.24) is 5.32 Å². The number of nitrogens with one attached hydrogen (secondary N) is 1. The summed E-state index contributed by atoms with van der Waals surface area (Å²) in [6, 6.07) is 9.36. The Balaban J connectivity index is 2.30. The molecule has 4 nitrogen and oxygen atoms in total. The molecule has 0 aliphatic heterocycles. The molecule has 0 saturated carbocycles. The lowest BCUT2D eigenvalue weighted by atomic mass is 9.98. The normalized spacial score (nSPS) is 10.9. The molecule has 1 amide bonds. The highest BCUT2D eigenvalue weighted by atomic mass is 16.5. The maximum Gasteiger partial charge on any atom is 0.223 e. The molecule has 0 unspecified atom stereocenters. The smallest absolute Gasteiger partial charge is 0.223 e. The number of hydrogen-bond donors (Lipinski definition) is 1. The van der Waals surface area contributed by atoms with Gasteiger partial charge in [0, 0.05) is 12.0 Å². The molecule has 1 aromatic carbocycles. The molecule has 0 heterocycles. The monoisotopic (exact) mass is 263 g/mol. The minimum absolute atomic E-state index is 0.0610. The summed E-state index contributed by atoms with van der Waals surface area (Å²) in [6.45, 7) is 5.52. The van der Waals surface area contributed by atoms with Crippen molar-refractivity contribution in [2.24, 2.45) is 0 Å². The number of carbonyl (C=O) groups excluding carboxylic acids is 2. The first-order chi connectivity index (χ1) is 8.89. The van der Waals surface area contributed by atoms with Gasteiger partial charge in [-0.2, -0.15) is 0 Å². The van der Waals surface area contributed by atoms with Crippen LogP contribution in [0.2, 0.25) is 0 Å². The average molecular weight is 263 g/mol. The van der Waals surface area contributed by atoms with Crippen molar-refractivity contribution >= 4 is 11.7 Å². The Labute approximate surface area is 114 Å². The third-order valence-corrected chi connectivity index (χ3v) is 2.51. The minimum Gasteiger partial charge on any atom is -0.493 e. The topological polar surface area (TPSA) is 55.4 Å². The van der Waals surface area contributed by atoms with Crippen LogP contribution in [0.25, 0.3) is 0 Å². The fourth-order valence-electron chi connectivity index (χ4n) is 1.88. The number of hydrogen-bond acceptors (Lipinski definition) is 3. The fourth-order valence-corrected chi connectivity index (χ4v) is 1.88. The number of carbonyl (C=O) groups is 2. The van der Waals surface area contributed by atoms with E-state index < -0.39 is 5.54 Å². The number of ether oxygens (including phenoxy) is 1. The van der Waals surface area contributed by atoms with E-state index in [1.807, 2.05) is 44.2 Å². The molecular weight excluding hydrogens is 242 g/mol. The predicted octanol–water partition coefficient (Wildman–Crippen LogP) is 2.33. The first kappa shape index (κ1) is 15.2. The van der Waals surface area contributed by atoms with Gasteiger partial charge in [-0.15, -0.1) is 0 Å². The van der Waals surface area contributed by atoms with E-state index in [1.165, 1.54) is 6.92 Å². The van der Waals surface area contributed by atoms with Crippen molar-refractivity contribution in [2.45, 2.75) is 39.2 Å². The van der Waals surface area contributed by atoms with Crippen LogP contribution in [0.5, 0.6) is 5.75 Å². The van der Waals surface area contributed by atoms with Crippen molar-refractivity contribution < 1.29 is 14.3 Å². The summed E-state index contributed by atoms with van der Waals surface area (Å²) in [5.41, 5.74) is -0.504. The van der Waals surface area contributed by atoms with E-state index in [0.717, 1.165) is 5.75 Å². The third-order valence-electron chi connectivity index (χ3n) is 2.51. The average Bonchev–Trinajstić information content (AvgIpc) is 2.27. The van der Waals surface area contributed by atoms with Crippen LogP contribution in [0.4, 0.5) is 0 Å². The van der Waals surface area contributed by atoms with Crippen LogP contribution < -0.4 is 10.1 Å². The number of rotatable bonds is 7. The molecule has 0 bridgehead atoms. The maximum atomic E-state index is 11.7. The SMILES string of the molecule is CC(=O)CC(C)(C)NC(=O)CCOc1ccccc1. The lowest BCUT2D eigenvalue weighted by Gasteiger charge is -2.25. The molecule has 4 heteroatoms. The Hall–Kier alpha value is -1.84. The maximum absolute atomic E-state index is 11.7. The number of benzene rings is 1. The summed E-state index contributed by atoms with van der Waals surface area (Å²) >= 11 is 0. The van der Waals surface area contributed by atoms with Crippen molar-refractivity contribution in [3.8, 4) is 5.75 Å². The van der Waals surface area contributed by atoms with Gasteiger partial charge < -0.3 is 10.1 Å². The second kappa shape index (κ2) is 6.92. The van der Waals surface area contributed by atoms with Crippen LogP contribution in [0, 0.1) is 0 Å². The summed E-state index contributed by atoms with van der Waals surface area (Å²) in [5, 5.41) is 2.83. The quantitative estimate of drug-likeness (QED) is 0.821. The zero-order chi connectivity index (χ0) is 14.3. The summed E-state index contributed by atoms with van der Waals surface area (Å²) in [7, 11) is 0. The largest absolute Gasteiger partial charge is 0.493 e. The third kappa shape index (κ3) is 6.60. The molecular formula is C15H21NO3. The van der Waals surface area contributed by atoms with Crippen LogP contribution in [-0.2, 0) is 9.59 Å². The van der Waals surface area contributed by atoms with Gasteiger partial charge in [-0.05, 0) is 32.9 Å². The number of ketones is 1. The highest BCUT2D eigenvalue weighted by molar-refractivity contribution is 5.80. The Morgan fingerprint density at radius 1 is 1.21 bits per heavy atom. The Kier molecular flexibility index (Phi) is 5.55. The summed E-state index contributed by atoms with van der Waals surface area (Å²) in [6.07, 6.45) is 0.606. The van der Waals surface area contributed by atoms with Gasteiger partial charge >= 0.3 is 0 Å². The van der Waals surface area contributed by atoms with Crippen LogP contribution in [0.3, 0.4) is 0 Å². The van der Waals surface area contributed by atoms with Crippen molar-refractivity contribution in [2.75, 3.05) is 6.61 Å². The fraction of sp³-hybridized carbons (Fsp3) is 0.467. The van der Waals surface area contributed by atoms with Crippen molar-refractivity contribution in [3.63, 3.8) is 0 Å². The minimum atomic E-state index is -0.504. The highest BCUT2D eigenvalue weighted by Crippen LogP contribution is 2.10. The molecule has 0 aliphatic rings. The van der Waals surface area contributed by atoms with E-state index in [0.29, 0.717) is 13.0 Å². The van der Waals surface area contributed by atoms with Crippen LogP contribution in [0.15, 0.2) is 30.3 Å². The molecule has 0 aromatic heterocycles. The molecule has 104 valence electrons. The number of para-hydroxylation sites is 1. The highest BCUT2D eigenvalue weighted by Gasteiger charge is 2.21. The molecule has 0 saturated heterocycles. The van der Waals surface area contributed by atoms with Crippen LogP contribution >= 0.6 is 0 Å². The Bertz CT molecular complexity index is 426. The summed E-state index contributed by atoms with van der Waals surface area (Å²) in [5.74, 6) is 0.700. The first-order valence-electron chi connectivity index (χ1n) is 6.37. The molecule has 0 aliphatic carbocycles. The van der Waals surface area contributed by atoms with E-state index in [9.17, 15) is 9.59 Å². The van der Waals surface area contributed by atoms with Crippen LogP contribution in [-0.4, -0.2) is 23.8 Å². The van der Waals surface area contributed by atoms with E-state index in [4.69, 9.17) is 4.74 Å². The first-order valence-corrected chi connectivity index (χ1v) is 6.37. The van der Waals surface area contributed by atoms with Crippen molar-refractivity contribution in [1.29, 1.82) is 0 Å². The molecule has 0 atom stereocenters. The Morgan fingerprint density at radius 2 is 1.84 bits per heavy atom. The van der Waals surface area contributed by atoms with Crippen molar-refractivity contribution in [3.05, 3.63) is 30.3 Å². The summed E-state index contributed by atoms with van der Waals surface area (Å²) < 4.78 is 5.44. The second-order valence-electron chi connectivity index (χ2n) is 5.22. The molecule has 1 aromatic rings. The molecule has 0 spiro atoms. The van der Waals surface area contributed by atoms with E-state index in [-0.39, 0.29) is 18.1 Å². The zero-order valence-electron chi connectivity index (χ0n) is 11.7. The second-order valence-corrected chi connectivity index (χ2v) is 5.22. The van der Waals surface area contributed by atoms with Gasteiger partial charge in [-0.3, -0.25) is 9.59 Å². The Morgan fingerprint density at radius 3 is 2.42 bits per heavy atom. The molecule has 19 heavy (non-hydrogen) atoms.